The quantitative estimate of drug-likeness (QED) is 0.613. The first kappa shape index (κ1) is 17.2. The van der Waals surface area contributed by atoms with Gasteiger partial charge in [-0.25, -0.2) is 0 Å². The van der Waals surface area contributed by atoms with E-state index in [0.29, 0.717) is 24.1 Å². The van der Waals surface area contributed by atoms with Gasteiger partial charge in [-0.15, -0.1) is 10.2 Å². The molecule has 0 aliphatic carbocycles. The molecule has 0 spiro atoms. The van der Waals surface area contributed by atoms with E-state index in [0.717, 1.165) is 0 Å². The van der Waals surface area contributed by atoms with Gasteiger partial charge in [0.2, 0.25) is 11.8 Å². The smallest absolute Gasteiger partial charge is 0.240 e. The Morgan fingerprint density at radius 1 is 0.960 bits per heavy atom. The molecule has 3 nitrogen and oxygen atoms in total. The molecule has 1 aromatic heterocycles. The van der Waals surface area contributed by atoms with Crippen LogP contribution in [-0.2, 0) is 6.42 Å². The van der Waals surface area contributed by atoms with Gasteiger partial charge in [0.25, 0.3) is 0 Å². The Balaban J connectivity index is 1.74. The molecule has 0 saturated carbocycles. The summed E-state index contributed by atoms with van der Waals surface area (Å²) >= 11 is 0. The monoisotopic (exact) mass is 332 g/mol. The summed E-state index contributed by atoms with van der Waals surface area (Å²) in [6.45, 7) is 8.62. The lowest BCUT2D eigenvalue weighted by Gasteiger charge is -2.08. The minimum Gasteiger partial charge on any atom is -0.421 e. The van der Waals surface area contributed by atoms with Gasteiger partial charge in [0, 0.05) is 6.08 Å². The van der Waals surface area contributed by atoms with Crippen molar-refractivity contribution in [1.82, 2.24) is 10.2 Å². The van der Waals surface area contributed by atoms with E-state index in [1.165, 1.54) is 27.8 Å². The van der Waals surface area contributed by atoms with Gasteiger partial charge >= 0.3 is 0 Å². The van der Waals surface area contributed by atoms with Gasteiger partial charge in [0.05, 0.1) is 6.42 Å². The van der Waals surface area contributed by atoms with E-state index in [2.05, 4.69) is 74.3 Å². The zero-order chi connectivity index (χ0) is 17.8. The molecule has 0 radical (unpaired) electrons. The fourth-order valence-corrected chi connectivity index (χ4v) is 2.84. The summed E-state index contributed by atoms with van der Waals surface area (Å²) in [6, 6.07) is 14.8. The lowest BCUT2D eigenvalue weighted by Crippen LogP contribution is -1.90. The minimum absolute atomic E-state index is 0.476. The second-order valence-electron chi connectivity index (χ2n) is 6.75. The van der Waals surface area contributed by atoms with Crippen LogP contribution in [0.2, 0.25) is 0 Å². The molecule has 0 unspecified atom stereocenters. The standard InChI is InChI=1S/C22H24N2O/c1-15(2)20-8-6-5-7-19(20)11-12-21-23-24-22(25-21)14-18-10-9-16(3)17(4)13-18/h5-13,15H,14H2,1-4H3. The molecule has 128 valence electrons. The molecule has 3 aromatic rings. The normalized spacial score (nSPS) is 11.6. The van der Waals surface area contributed by atoms with Crippen molar-refractivity contribution < 1.29 is 4.42 Å². The number of hydrogen-bond donors (Lipinski definition) is 0. The summed E-state index contributed by atoms with van der Waals surface area (Å²) in [5.74, 6) is 1.65. The molecule has 0 aliphatic heterocycles. The predicted octanol–water partition coefficient (Wildman–Crippen LogP) is 5.57. The van der Waals surface area contributed by atoms with Gasteiger partial charge in [-0.3, -0.25) is 0 Å². The van der Waals surface area contributed by atoms with Crippen molar-refractivity contribution in [2.45, 2.75) is 40.0 Å². The summed E-state index contributed by atoms with van der Waals surface area (Å²) in [5, 5.41) is 8.30. The third-order valence-corrected chi connectivity index (χ3v) is 4.43. The van der Waals surface area contributed by atoms with E-state index in [1.54, 1.807) is 0 Å². The Morgan fingerprint density at radius 3 is 2.52 bits per heavy atom. The third kappa shape index (κ3) is 4.24. The molecular weight excluding hydrogens is 308 g/mol. The Bertz CT molecular complexity index is 891. The molecule has 0 bridgehead atoms. The second kappa shape index (κ2) is 7.47. The average molecular weight is 332 g/mol. The van der Waals surface area contributed by atoms with Crippen LogP contribution in [0.15, 0.2) is 46.9 Å². The van der Waals surface area contributed by atoms with Crippen molar-refractivity contribution in [2.75, 3.05) is 0 Å². The van der Waals surface area contributed by atoms with E-state index >= 15 is 0 Å². The number of rotatable bonds is 5. The van der Waals surface area contributed by atoms with Crippen LogP contribution in [0.3, 0.4) is 0 Å². The van der Waals surface area contributed by atoms with Gasteiger partial charge in [-0.05, 0) is 53.7 Å². The summed E-state index contributed by atoms with van der Waals surface area (Å²) in [7, 11) is 0. The molecule has 3 rings (SSSR count). The predicted molar refractivity (Wildman–Crippen MR) is 102 cm³/mol. The van der Waals surface area contributed by atoms with Gasteiger partial charge in [-0.1, -0.05) is 56.3 Å². The number of hydrogen-bond acceptors (Lipinski definition) is 3. The number of aryl methyl sites for hydroxylation is 2. The molecule has 1 heterocycles. The van der Waals surface area contributed by atoms with E-state index in [-0.39, 0.29) is 0 Å². The summed E-state index contributed by atoms with van der Waals surface area (Å²) in [5.41, 5.74) is 6.26. The van der Waals surface area contributed by atoms with Gasteiger partial charge < -0.3 is 4.42 Å². The Labute approximate surface area is 149 Å². The van der Waals surface area contributed by atoms with Crippen LogP contribution in [0, 0.1) is 13.8 Å². The van der Waals surface area contributed by atoms with Crippen molar-refractivity contribution >= 4 is 12.2 Å². The topological polar surface area (TPSA) is 38.9 Å². The second-order valence-corrected chi connectivity index (χ2v) is 6.75. The molecule has 2 aromatic carbocycles. The number of aromatic nitrogens is 2. The largest absolute Gasteiger partial charge is 0.421 e. The van der Waals surface area contributed by atoms with Crippen LogP contribution in [0.1, 0.15) is 59.4 Å². The maximum Gasteiger partial charge on any atom is 0.240 e. The average Bonchev–Trinajstić information content (AvgIpc) is 3.04. The van der Waals surface area contributed by atoms with Crippen molar-refractivity contribution in [3.63, 3.8) is 0 Å². The molecule has 0 saturated heterocycles. The first-order chi connectivity index (χ1) is 12.0. The fraction of sp³-hybridized carbons (Fsp3) is 0.273. The van der Waals surface area contributed by atoms with E-state index in [9.17, 15) is 0 Å². The van der Waals surface area contributed by atoms with Crippen LogP contribution in [0.5, 0.6) is 0 Å². The van der Waals surface area contributed by atoms with Crippen LogP contribution in [0.4, 0.5) is 0 Å². The highest BCUT2D eigenvalue weighted by Gasteiger charge is 2.07. The molecule has 0 atom stereocenters. The lowest BCUT2D eigenvalue weighted by molar-refractivity contribution is 0.496. The Morgan fingerprint density at radius 2 is 1.76 bits per heavy atom. The van der Waals surface area contributed by atoms with E-state index in [4.69, 9.17) is 4.42 Å². The maximum atomic E-state index is 5.77. The van der Waals surface area contributed by atoms with Crippen molar-refractivity contribution in [2.24, 2.45) is 0 Å². The Kier molecular flexibility index (Phi) is 5.13. The highest BCUT2D eigenvalue weighted by molar-refractivity contribution is 5.68. The molecule has 25 heavy (non-hydrogen) atoms. The molecular formula is C22H24N2O. The van der Waals surface area contributed by atoms with Crippen molar-refractivity contribution in [3.8, 4) is 0 Å². The highest BCUT2D eigenvalue weighted by atomic mass is 16.4. The highest BCUT2D eigenvalue weighted by Crippen LogP contribution is 2.21. The van der Waals surface area contributed by atoms with Crippen LogP contribution in [-0.4, -0.2) is 10.2 Å². The first-order valence-electron chi connectivity index (χ1n) is 8.68. The molecule has 0 amide bonds. The first-order valence-corrected chi connectivity index (χ1v) is 8.68. The van der Waals surface area contributed by atoms with Gasteiger partial charge in [0.15, 0.2) is 0 Å². The molecule has 0 aliphatic rings. The zero-order valence-corrected chi connectivity index (χ0v) is 15.3. The number of benzene rings is 2. The van der Waals surface area contributed by atoms with Gasteiger partial charge in [-0.2, -0.15) is 0 Å². The van der Waals surface area contributed by atoms with Crippen molar-refractivity contribution in [1.29, 1.82) is 0 Å². The fourth-order valence-electron chi connectivity index (χ4n) is 2.84. The van der Waals surface area contributed by atoms with Crippen LogP contribution >= 0.6 is 0 Å². The lowest BCUT2D eigenvalue weighted by atomic mass is 9.97. The zero-order valence-electron chi connectivity index (χ0n) is 15.3. The summed E-state index contributed by atoms with van der Waals surface area (Å²) in [4.78, 5) is 0. The van der Waals surface area contributed by atoms with Crippen molar-refractivity contribution in [3.05, 3.63) is 82.1 Å². The molecule has 0 fully saturated rings. The minimum atomic E-state index is 0.476. The number of nitrogens with zero attached hydrogens (tertiary/aromatic N) is 2. The molecule has 0 N–H and O–H groups in total. The van der Waals surface area contributed by atoms with E-state index < -0.39 is 0 Å². The van der Waals surface area contributed by atoms with Gasteiger partial charge in [0.1, 0.15) is 0 Å². The Hall–Kier alpha value is -2.68. The van der Waals surface area contributed by atoms with Crippen LogP contribution < -0.4 is 0 Å². The maximum absolute atomic E-state index is 5.77. The summed E-state index contributed by atoms with van der Waals surface area (Å²) in [6.07, 6.45) is 4.59. The molecule has 3 heteroatoms. The SMILES string of the molecule is Cc1ccc(Cc2nnc(C=Cc3ccccc3C(C)C)o2)cc1C. The summed E-state index contributed by atoms with van der Waals surface area (Å²) < 4.78 is 5.77. The third-order valence-electron chi connectivity index (χ3n) is 4.43. The van der Waals surface area contributed by atoms with E-state index in [1.807, 2.05) is 18.2 Å². The van der Waals surface area contributed by atoms with Crippen LogP contribution in [0.25, 0.3) is 12.2 Å².